The first-order valence-electron chi connectivity index (χ1n) is 5.13. The Morgan fingerprint density at radius 1 is 1.29 bits per heavy atom. The number of nitrogens with one attached hydrogen (secondary N) is 2. The molecule has 2 N–H and O–H groups in total. The molecule has 0 bridgehead atoms. The first-order chi connectivity index (χ1) is 6.95. The zero-order valence-corrected chi connectivity index (χ0v) is 9.02. The van der Waals surface area contributed by atoms with Crippen molar-refractivity contribution in [3.63, 3.8) is 0 Å². The van der Waals surface area contributed by atoms with E-state index < -0.39 is 0 Å². The van der Waals surface area contributed by atoms with Crippen LogP contribution >= 0.6 is 11.9 Å². The Bertz CT molecular complexity index is 257. The van der Waals surface area contributed by atoms with Gasteiger partial charge in [-0.15, -0.1) is 0 Å². The fraction of sp³-hybridized carbons (Fsp3) is 0.455. The van der Waals surface area contributed by atoms with Crippen LogP contribution in [0.2, 0.25) is 0 Å². The fourth-order valence-corrected chi connectivity index (χ4v) is 2.39. The first kappa shape index (κ1) is 10.0. The molecular weight excluding hydrogens is 192 g/mol. The lowest BCUT2D eigenvalue weighted by molar-refractivity contribution is 0.441. The third-order valence-electron chi connectivity index (χ3n) is 2.38. The van der Waals surface area contributed by atoms with Crippen LogP contribution in [-0.4, -0.2) is 19.1 Å². The zero-order chi connectivity index (χ0) is 9.64. The normalized spacial score (nSPS) is 22.1. The first-order valence-corrected chi connectivity index (χ1v) is 5.95. The lowest BCUT2D eigenvalue weighted by Gasteiger charge is -2.23. The van der Waals surface area contributed by atoms with E-state index in [9.17, 15) is 0 Å². The van der Waals surface area contributed by atoms with Gasteiger partial charge in [-0.05, 0) is 43.5 Å². The van der Waals surface area contributed by atoms with Gasteiger partial charge in [0.25, 0.3) is 0 Å². The number of rotatable bonds is 3. The molecule has 2 rings (SSSR count). The van der Waals surface area contributed by atoms with Crippen molar-refractivity contribution >= 4 is 11.9 Å². The summed E-state index contributed by atoms with van der Waals surface area (Å²) < 4.78 is 3.49. The molecule has 0 saturated carbocycles. The maximum Gasteiger partial charge on any atom is 0.0300 e. The Morgan fingerprint density at radius 2 is 2.14 bits per heavy atom. The molecule has 0 spiro atoms. The minimum Gasteiger partial charge on any atom is -0.315 e. The van der Waals surface area contributed by atoms with Gasteiger partial charge in [0.05, 0.1) is 0 Å². The summed E-state index contributed by atoms with van der Waals surface area (Å²) in [7, 11) is 0. The quantitative estimate of drug-likeness (QED) is 0.743. The highest BCUT2D eigenvalue weighted by Gasteiger charge is 2.11. The number of hydrogen-bond acceptors (Lipinski definition) is 3. The molecular formula is C11H16N2S. The highest BCUT2D eigenvalue weighted by molar-refractivity contribution is 7.97. The summed E-state index contributed by atoms with van der Waals surface area (Å²) in [4.78, 5) is 1.29. The number of hydrogen-bond donors (Lipinski definition) is 2. The van der Waals surface area contributed by atoms with Crippen LogP contribution in [0.5, 0.6) is 0 Å². The third kappa shape index (κ3) is 3.01. The topological polar surface area (TPSA) is 24.1 Å². The standard InChI is InChI=1S/C11H16N2S/c1-2-6-11(7-3-1)14-13-10-5-4-8-12-9-10/h1-3,6-7,10,12-13H,4-5,8-9H2. The molecule has 0 aliphatic carbocycles. The molecule has 14 heavy (non-hydrogen) atoms. The maximum atomic E-state index is 3.49. The van der Waals surface area contributed by atoms with Crippen LogP contribution in [0.1, 0.15) is 12.8 Å². The lowest BCUT2D eigenvalue weighted by Crippen LogP contribution is -2.40. The minimum atomic E-state index is 0.619. The second-order valence-corrected chi connectivity index (χ2v) is 4.49. The summed E-state index contributed by atoms with van der Waals surface area (Å²) >= 11 is 1.74. The summed E-state index contributed by atoms with van der Waals surface area (Å²) in [5.74, 6) is 0. The van der Waals surface area contributed by atoms with Crippen molar-refractivity contribution in [1.82, 2.24) is 10.0 Å². The van der Waals surface area contributed by atoms with E-state index in [-0.39, 0.29) is 0 Å². The molecule has 0 amide bonds. The highest BCUT2D eigenvalue weighted by atomic mass is 32.2. The predicted octanol–water partition coefficient (Wildman–Crippen LogP) is 2.04. The Kier molecular flexibility index (Phi) is 3.86. The van der Waals surface area contributed by atoms with E-state index in [1.165, 1.54) is 24.3 Å². The Balaban J connectivity index is 1.76. The highest BCUT2D eigenvalue weighted by Crippen LogP contribution is 2.15. The fourth-order valence-electron chi connectivity index (χ4n) is 1.59. The Labute approximate surface area is 89.6 Å². The maximum absolute atomic E-state index is 3.49. The largest absolute Gasteiger partial charge is 0.315 e. The van der Waals surface area contributed by atoms with Crippen LogP contribution in [0.15, 0.2) is 35.2 Å². The van der Waals surface area contributed by atoms with Gasteiger partial charge in [0, 0.05) is 17.5 Å². The molecule has 1 saturated heterocycles. The van der Waals surface area contributed by atoms with Gasteiger partial charge < -0.3 is 5.32 Å². The monoisotopic (exact) mass is 208 g/mol. The summed E-state index contributed by atoms with van der Waals surface area (Å²) in [5, 5.41) is 3.40. The summed E-state index contributed by atoms with van der Waals surface area (Å²) in [5.41, 5.74) is 0. The molecule has 3 heteroatoms. The second kappa shape index (κ2) is 5.39. The summed E-state index contributed by atoms with van der Waals surface area (Å²) in [6, 6.07) is 11.1. The number of piperidine rings is 1. The average Bonchev–Trinajstić information content (AvgIpc) is 2.29. The van der Waals surface area contributed by atoms with Crippen LogP contribution in [0.4, 0.5) is 0 Å². The molecule has 1 unspecified atom stereocenters. The molecule has 0 aromatic heterocycles. The summed E-state index contributed by atoms with van der Waals surface area (Å²) in [6.45, 7) is 2.27. The molecule has 1 aliphatic rings. The SMILES string of the molecule is c1ccc(SNC2CCCNC2)cc1. The predicted molar refractivity (Wildman–Crippen MR) is 61.3 cm³/mol. The van der Waals surface area contributed by atoms with E-state index in [0.717, 1.165) is 6.54 Å². The van der Waals surface area contributed by atoms with Crippen LogP contribution < -0.4 is 10.0 Å². The Hall–Kier alpha value is -0.510. The Morgan fingerprint density at radius 3 is 2.86 bits per heavy atom. The van der Waals surface area contributed by atoms with Crippen molar-refractivity contribution in [3.05, 3.63) is 30.3 Å². The lowest BCUT2D eigenvalue weighted by atomic mass is 10.1. The average molecular weight is 208 g/mol. The van der Waals surface area contributed by atoms with Gasteiger partial charge in [0.1, 0.15) is 0 Å². The smallest absolute Gasteiger partial charge is 0.0300 e. The van der Waals surface area contributed by atoms with Crippen molar-refractivity contribution in [2.45, 2.75) is 23.8 Å². The number of benzene rings is 1. The molecule has 0 radical (unpaired) electrons. The van der Waals surface area contributed by atoms with Crippen molar-refractivity contribution < 1.29 is 0 Å². The van der Waals surface area contributed by atoms with Crippen LogP contribution in [0, 0.1) is 0 Å². The molecule has 1 heterocycles. The van der Waals surface area contributed by atoms with Crippen LogP contribution in [-0.2, 0) is 0 Å². The molecule has 1 aliphatic heterocycles. The van der Waals surface area contributed by atoms with Gasteiger partial charge in [-0.25, -0.2) is 0 Å². The van der Waals surface area contributed by atoms with Gasteiger partial charge >= 0.3 is 0 Å². The van der Waals surface area contributed by atoms with Crippen LogP contribution in [0.25, 0.3) is 0 Å². The van der Waals surface area contributed by atoms with Crippen molar-refractivity contribution in [1.29, 1.82) is 0 Å². The zero-order valence-electron chi connectivity index (χ0n) is 8.20. The molecule has 1 fully saturated rings. The van der Waals surface area contributed by atoms with Crippen molar-refractivity contribution in [2.75, 3.05) is 13.1 Å². The van der Waals surface area contributed by atoms with E-state index in [1.807, 2.05) is 6.07 Å². The van der Waals surface area contributed by atoms with Gasteiger partial charge in [-0.2, -0.15) is 0 Å². The van der Waals surface area contributed by atoms with E-state index in [2.05, 4.69) is 34.3 Å². The van der Waals surface area contributed by atoms with Crippen LogP contribution in [0.3, 0.4) is 0 Å². The van der Waals surface area contributed by atoms with E-state index >= 15 is 0 Å². The van der Waals surface area contributed by atoms with Crippen molar-refractivity contribution in [3.8, 4) is 0 Å². The van der Waals surface area contributed by atoms with E-state index in [0.29, 0.717) is 6.04 Å². The van der Waals surface area contributed by atoms with Gasteiger partial charge in [0.2, 0.25) is 0 Å². The second-order valence-electron chi connectivity index (χ2n) is 3.58. The third-order valence-corrected chi connectivity index (χ3v) is 3.34. The molecule has 2 nitrogen and oxygen atoms in total. The van der Waals surface area contributed by atoms with Crippen molar-refractivity contribution in [2.24, 2.45) is 0 Å². The van der Waals surface area contributed by atoms with Gasteiger partial charge in [0.15, 0.2) is 0 Å². The minimum absolute atomic E-state index is 0.619. The molecule has 1 atom stereocenters. The van der Waals surface area contributed by atoms with E-state index in [1.54, 1.807) is 11.9 Å². The molecule has 1 aromatic rings. The summed E-state index contributed by atoms with van der Waals surface area (Å²) in [6.07, 6.45) is 2.57. The van der Waals surface area contributed by atoms with Gasteiger partial charge in [-0.3, -0.25) is 4.72 Å². The van der Waals surface area contributed by atoms with Gasteiger partial charge in [-0.1, -0.05) is 18.2 Å². The van der Waals surface area contributed by atoms with E-state index in [4.69, 9.17) is 0 Å². The molecule has 1 aromatic carbocycles. The molecule has 76 valence electrons.